The van der Waals surface area contributed by atoms with Crippen molar-refractivity contribution in [3.63, 3.8) is 0 Å². The molecule has 206 valence electrons. The molecule has 1 aliphatic rings. The number of rotatable bonds is 10. The number of aromatic nitrogens is 1. The maximum Gasteiger partial charge on any atom is 0.327 e. The van der Waals surface area contributed by atoms with Gasteiger partial charge in [0.1, 0.15) is 12.5 Å². The fraction of sp³-hybridized carbons (Fsp3) is 0.333. The van der Waals surface area contributed by atoms with E-state index in [9.17, 15) is 14.4 Å². The van der Waals surface area contributed by atoms with Crippen LogP contribution in [-0.4, -0.2) is 67.8 Å². The minimum Gasteiger partial charge on any atom is -0.497 e. The standard InChI is InChI=1S/C27H33N5O5SSi/c1-36-21-10-9-20-14-31(25(34)22(20)13-21)16-29-27(35)32(17-37-11-12-39(2,3)4)24(33)19-7-5-18(6-8-19)23-15-38-26(28)30-23/h5-10,13,15H,11-12,14,16-17H2,1-4H3,(H2,28,30)(H,29,35). The lowest BCUT2D eigenvalue weighted by Crippen LogP contribution is -2.48. The Balaban J connectivity index is 1.44. The number of anilines is 1. The number of carbonyl (C=O) groups is 3. The van der Waals surface area contributed by atoms with Gasteiger partial charge in [-0.2, -0.15) is 0 Å². The number of ether oxygens (including phenoxy) is 2. The molecule has 3 aromatic rings. The SMILES string of the molecule is COc1ccc2c(c1)C(=O)N(CNC(=O)N(COCC[Si](C)(C)C)C(=O)c1ccc(-c3csc(N)n3)cc1)C2. The summed E-state index contributed by atoms with van der Waals surface area (Å²) in [6, 6.07) is 12.4. The number of imide groups is 1. The van der Waals surface area contributed by atoms with Crippen molar-refractivity contribution in [3.05, 3.63) is 64.5 Å². The van der Waals surface area contributed by atoms with Crippen molar-refractivity contribution < 1.29 is 23.9 Å². The van der Waals surface area contributed by atoms with Crippen LogP contribution >= 0.6 is 11.3 Å². The van der Waals surface area contributed by atoms with E-state index in [4.69, 9.17) is 15.2 Å². The number of benzene rings is 2. The molecule has 3 N–H and O–H groups in total. The second-order valence-electron chi connectivity index (χ2n) is 10.4. The summed E-state index contributed by atoms with van der Waals surface area (Å²) in [6.45, 7) is 7.21. The molecule has 10 nitrogen and oxygen atoms in total. The van der Waals surface area contributed by atoms with E-state index in [2.05, 4.69) is 29.9 Å². The highest BCUT2D eigenvalue weighted by Gasteiger charge is 2.30. The molecule has 0 aliphatic carbocycles. The maximum absolute atomic E-state index is 13.4. The normalized spacial score (nSPS) is 12.8. The number of nitrogen functional groups attached to an aromatic ring is 1. The predicted octanol–water partition coefficient (Wildman–Crippen LogP) is 4.48. The Hall–Kier alpha value is -3.74. The first-order valence-electron chi connectivity index (χ1n) is 12.5. The third-order valence-corrected chi connectivity index (χ3v) is 8.65. The number of hydrogen-bond donors (Lipinski definition) is 2. The molecule has 1 aliphatic heterocycles. The van der Waals surface area contributed by atoms with Crippen LogP contribution in [0.1, 0.15) is 26.3 Å². The van der Waals surface area contributed by atoms with E-state index in [0.717, 1.165) is 27.8 Å². The number of nitrogens with two attached hydrogens (primary N) is 1. The molecule has 0 radical (unpaired) electrons. The first-order chi connectivity index (χ1) is 18.6. The van der Waals surface area contributed by atoms with Crippen molar-refractivity contribution in [1.82, 2.24) is 20.1 Å². The summed E-state index contributed by atoms with van der Waals surface area (Å²) in [6.07, 6.45) is 0. The molecule has 0 fully saturated rings. The number of urea groups is 1. The highest BCUT2D eigenvalue weighted by Crippen LogP contribution is 2.26. The number of nitrogens with one attached hydrogen (secondary N) is 1. The zero-order chi connectivity index (χ0) is 28.2. The van der Waals surface area contributed by atoms with E-state index in [-0.39, 0.29) is 19.3 Å². The molecular formula is C27H33N5O5SSi. The highest BCUT2D eigenvalue weighted by molar-refractivity contribution is 7.13. The molecule has 4 rings (SSSR count). The Kier molecular flexibility index (Phi) is 8.68. The summed E-state index contributed by atoms with van der Waals surface area (Å²) in [5.41, 5.74) is 8.96. The van der Waals surface area contributed by atoms with Crippen molar-refractivity contribution >= 4 is 42.4 Å². The minimum atomic E-state index is -1.36. The third kappa shape index (κ3) is 7.02. The van der Waals surface area contributed by atoms with Gasteiger partial charge in [-0.1, -0.05) is 37.8 Å². The average Bonchev–Trinajstić information content (AvgIpc) is 3.48. The van der Waals surface area contributed by atoms with E-state index in [1.165, 1.54) is 16.2 Å². The van der Waals surface area contributed by atoms with Gasteiger partial charge >= 0.3 is 6.03 Å². The first-order valence-corrected chi connectivity index (χ1v) is 17.1. The molecule has 12 heteroatoms. The van der Waals surface area contributed by atoms with Gasteiger partial charge in [-0.25, -0.2) is 14.7 Å². The van der Waals surface area contributed by atoms with Crippen LogP contribution in [-0.2, 0) is 11.3 Å². The van der Waals surface area contributed by atoms with Gasteiger partial charge < -0.3 is 25.4 Å². The smallest absolute Gasteiger partial charge is 0.327 e. The highest BCUT2D eigenvalue weighted by atomic mass is 32.1. The van der Waals surface area contributed by atoms with Crippen LogP contribution in [0.2, 0.25) is 25.7 Å². The molecule has 0 atom stereocenters. The number of methoxy groups -OCH3 is 1. The van der Waals surface area contributed by atoms with Crippen LogP contribution in [0.25, 0.3) is 11.3 Å². The van der Waals surface area contributed by atoms with Gasteiger partial charge in [0.25, 0.3) is 11.8 Å². The molecule has 39 heavy (non-hydrogen) atoms. The van der Waals surface area contributed by atoms with E-state index in [1.807, 2.05) is 11.4 Å². The number of thiazole rings is 1. The van der Waals surface area contributed by atoms with Gasteiger partial charge in [-0.15, -0.1) is 11.3 Å². The molecule has 0 spiro atoms. The lowest BCUT2D eigenvalue weighted by molar-refractivity contribution is 0.0403. The number of amides is 4. The number of nitrogens with zero attached hydrogens (tertiary/aromatic N) is 3. The molecule has 0 unspecified atom stereocenters. The number of carbonyl (C=O) groups excluding carboxylic acids is 3. The lowest BCUT2D eigenvalue weighted by Gasteiger charge is -2.24. The van der Waals surface area contributed by atoms with Crippen LogP contribution in [0.4, 0.5) is 9.93 Å². The van der Waals surface area contributed by atoms with Crippen molar-refractivity contribution in [3.8, 4) is 17.0 Å². The van der Waals surface area contributed by atoms with Crippen molar-refractivity contribution in [2.24, 2.45) is 0 Å². The van der Waals surface area contributed by atoms with Crippen molar-refractivity contribution in [2.75, 3.05) is 32.8 Å². The van der Waals surface area contributed by atoms with Crippen LogP contribution in [0.3, 0.4) is 0 Å². The maximum atomic E-state index is 13.4. The summed E-state index contributed by atoms with van der Waals surface area (Å²) in [5, 5.41) is 5.01. The Labute approximate surface area is 232 Å². The number of hydrogen-bond acceptors (Lipinski definition) is 8. The summed E-state index contributed by atoms with van der Waals surface area (Å²) in [7, 11) is 0.181. The van der Waals surface area contributed by atoms with Gasteiger partial charge in [0.05, 0.1) is 19.5 Å². The van der Waals surface area contributed by atoms with Crippen molar-refractivity contribution in [1.29, 1.82) is 0 Å². The van der Waals surface area contributed by atoms with Gasteiger partial charge in [0, 0.05) is 43.3 Å². The topological polar surface area (TPSA) is 127 Å². The Morgan fingerprint density at radius 2 is 1.92 bits per heavy atom. The lowest BCUT2D eigenvalue weighted by atomic mass is 10.1. The fourth-order valence-electron chi connectivity index (χ4n) is 3.96. The monoisotopic (exact) mass is 567 g/mol. The van der Waals surface area contributed by atoms with Crippen LogP contribution in [0, 0.1) is 0 Å². The van der Waals surface area contributed by atoms with Crippen LogP contribution in [0.5, 0.6) is 5.75 Å². The molecular weight excluding hydrogens is 534 g/mol. The summed E-state index contributed by atoms with van der Waals surface area (Å²) in [4.78, 5) is 46.3. The van der Waals surface area contributed by atoms with Crippen LogP contribution in [0.15, 0.2) is 47.8 Å². The van der Waals surface area contributed by atoms with E-state index < -0.39 is 20.0 Å². The first kappa shape index (κ1) is 28.3. The summed E-state index contributed by atoms with van der Waals surface area (Å²) >= 11 is 1.34. The van der Waals surface area contributed by atoms with Gasteiger partial charge in [-0.3, -0.25) is 9.59 Å². The fourth-order valence-corrected chi connectivity index (χ4v) is 5.29. The predicted molar refractivity (Wildman–Crippen MR) is 153 cm³/mol. The van der Waals surface area contributed by atoms with Crippen LogP contribution < -0.4 is 15.8 Å². The molecule has 2 aromatic carbocycles. The quantitative estimate of drug-likeness (QED) is 0.210. The Morgan fingerprint density at radius 1 is 1.18 bits per heavy atom. The Morgan fingerprint density at radius 3 is 2.56 bits per heavy atom. The Bertz CT molecular complexity index is 1360. The summed E-state index contributed by atoms with van der Waals surface area (Å²) < 4.78 is 11.0. The molecule has 4 amide bonds. The zero-order valence-corrected chi connectivity index (χ0v) is 24.3. The molecule has 2 heterocycles. The molecule has 0 saturated carbocycles. The average molecular weight is 568 g/mol. The second kappa shape index (κ2) is 12.0. The van der Waals surface area contributed by atoms with E-state index in [0.29, 0.717) is 35.2 Å². The van der Waals surface area contributed by atoms with Gasteiger partial charge in [0.15, 0.2) is 5.13 Å². The largest absolute Gasteiger partial charge is 0.497 e. The summed E-state index contributed by atoms with van der Waals surface area (Å²) in [5.74, 6) is -0.137. The zero-order valence-electron chi connectivity index (χ0n) is 22.5. The third-order valence-electron chi connectivity index (χ3n) is 6.27. The van der Waals surface area contributed by atoms with E-state index >= 15 is 0 Å². The van der Waals surface area contributed by atoms with Gasteiger partial charge in [-0.05, 0) is 35.9 Å². The van der Waals surface area contributed by atoms with Crippen molar-refractivity contribution in [2.45, 2.75) is 32.2 Å². The minimum absolute atomic E-state index is 0.0580. The van der Waals surface area contributed by atoms with Gasteiger partial charge in [0.2, 0.25) is 0 Å². The molecule has 0 bridgehead atoms. The number of fused-ring (bicyclic) bond motifs is 1. The molecule has 1 aromatic heterocycles. The van der Waals surface area contributed by atoms with E-state index in [1.54, 1.807) is 43.5 Å². The molecule has 0 saturated heterocycles. The second-order valence-corrected chi connectivity index (χ2v) is 16.9.